The second kappa shape index (κ2) is 10.9. The van der Waals surface area contributed by atoms with Gasteiger partial charge in [-0.3, -0.25) is 9.59 Å². The molecule has 0 unspecified atom stereocenters. The number of fused-ring (bicyclic) bond motifs is 1. The molecule has 4 rings (SSSR count). The molecule has 0 atom stereocenters. The number of H-pyrrole nitrogens is 1. The number of amides is 1. The molecule has 0 aliphatic heterocycles. The second-order valence-corrected chi connectivity index (χ2v) is 8.23. The van der Waals surface area contributed by atoms with E-state index in [1.807, 2.05) is 12.1 Å². The van der Waals surface area contributed by atoms with Crippen LogP contribution >= 0.6 is 11.6 Å². The fraction of sp³-hybridized carbons (Fsp3) is 0.154. The minimum atomic E-state index is -1.000. The molecule has 0 aliphatic carbocycles. The third-order valence-electron chi connectivity index (χ3n) is 5.42. The van der Waals surface area contributed by atoms with E-state index in [0.717, 1.165) is 11.1 Å². The zero-order valence-corrected chi connectivity index (χ0v) is 20.0. The standard InChI is InChI=1S/C26H22ClN3O6/c1-35-18-4-2-3-16(13-18)14-28-25(32)23-29-20-10-9-19(27)22(21(20)24(31)30-23)36-12-11-15-5-7-17(8-6-15)26(33)34/h2-10,13H,11-12,14H2,1H3,(H,28,32)(H,33,34)(H,29,30,31). The topological polar surface area (TPSA) is 131 Å². The molecule has 36 heavy (non-hydrogen) atoms. The van der Waals surface area contributed by atoms with Crippen LogP contribution in [0, 0.1) is 0 Å². The van der Waals surface area contributed by atoms with Crippen molar-refractivity contribution in [2.45, 2.75) is 13.0 Å². The van der Waals surface area contributed by atoms with Crippen LogP contribution < -0.4 is 20.3 Å². The van der Waals surface area contributed by atoms with Crippen molar-refractivity contribution < 1.29 is 24.2 Å². The molecule has 0 saturated heterocycles. The van der Waals surface area contributed by atoms with Gasteiger partial charge in [-0.1, -0.05) is 35.9 Å². The van der Waals surface area contributed by atoms with Gasteiger partial charge in [0.2, 0.25) is 0 Å². The van der Waals surface area contributed by atoms with E-state index in [-0.39, 0.29) is 46.2 Å². The van der Waals surface area contributed by atoms with Crippen molar-refractivity contribution in [3.05, 3.63) is 98.6 Å². The van der Waals surface area contributed by atoms with Crippen molar-refractivity contribution in [3.8, 4) is 11.5 Å². The predicted molar refractivity (Wildman–Crippen MR) is 134 cm³/mol. The lowest BCUT2D eigenvalue weighted by Gasteiger charge is -2.12. The smallest absolute Gasteiger partial charge is 0.335 e. The van der Waals surface area contributed by atoms with Gasteiger partial charge in [0.05, 0.1) is 29.8 Å². The van der Waals surface area contributed by atoms with Gasteiger partial charge in [0.15, 0.2) is 11.6 Å². The molecule has 3 aromatic carbocycles. The van der Waals surface area contributed by atoms with Crippen LogP contribution in [0.25, 0.3) is 10.9 Å². The molecule has 1 heterocycles. The Kier molecular flexibility index (Phi) is 7.50. The Morgan fingerprint density at radius 2 is 1.86 bits per heavy atom. The van der Waals surface area contributed by atoms with E-state index in [1.54, 1.807) is 43.5 Å². The number of hydrogen-bond donors (Lipinski definition) is 3. The molecule has 3 N–H and O–H groups in total. The molecule has 1 amide bonds. The van der Waals surface area contributed by atoms with Crippen molar-refractivity contribution in [2.24, 2.45) is 0 Å². The summed E-state index contributed by atoms with van der Waals surface area (Å²) in [6, 6.07) is 16.8. The number of aromatic nitrogens is 2. The highest BCUT2D eigenvalue weighted by Gasteiger charge is 2.17. The summed E-state index contributed by atoms with van der Waals surface area (Å²) in [5, 5.41) is 12.1. The van der Waals surface area contributed by atoms with E-state index < -0.39 is 17.4 Å². The zero-order valence-electron chi connectivity index (χ0n) is 19.2. The summed E-state index contributed by atoms with van der Waals surface area (Å²) in [6.07, 6.45) is 0.461. The Morgan fingerprint density at radius 3 is 2.58 bits per heavy atom. The molecule has 9 nitrogen and oxygen atoms in total. The number of nitrogens with zero attached hydrogens (tertiary/aromatic N) is 1. The number of carboxylic acids is 1. The molecule has 1 aromatic heterocycles. The van der Waals surface area contributed by atoms with Crippen LogP contribution in [0.3, 0.4) is 0 Å². The Bertz CT molecular complexity index is 1480. The SMILES string of the molecule is COc1cccc(CNC(=O)c2nc3ccc(Cl)c(OCCc4ccc(C(=O)O)cc4)c3c(=O)[nH]2)c1. The fourth-order valence-electron chi connectivity index (χ4n) is 3.56. The van der Waals surface area contributed by atoms with Crippen molar-refractivity contribution in [1.82, 2.24) is 15.3 Å². The number of rotatable bonds is 9. The highest BCUT2D eigenvalue weighted by Crippen LogP contribution is 2.30. The molecule has 0 saturated carbocycles. The number of halogens is 1. The molecule has 184 valence electrons. The minimum absolute atomic E-state index is 0.132. The van der Waals surface area contributed by atoms with Crippen LogP contribution in [0.15, 0.2) is 65.5 Å². The van der Waals surface area contributed by atoms with Gasteiger partial charge in [-0.15, -0.1) is 0 Å². The quantitative estimate of drug-likeness (QED) is 0.314. The maximum Gasteiger partial charge on any atom is 0.335 e. The van der Waals surface area contributed by atoms with E-state index in [0.29, 0.717) is 12.2 Å². The Morgan fingerprint density at radius 1 is 1.08 bits per heavy atom. The molecule has 0 fully saturated rings. The largest absolute Gasteiger partial charge is 0.497 e. The third kappa shape index (κ3) is 5.64. The number of carbonyl (C=O) groups excluding carboxylic acids is 1. The van der Waals surface area contributed by atoms with E-state index in [9.17, 15) is 14.4 Å². The molecule has 0 radical (unpaired) electrons. The normalized spacial score (nSPS) is 10.7. The van der Waals surface area contributed by atoms with Gasteiger partial charge in [0, 0.05) is 13.0 Å². The van der Waals surface area contributed by atoms with Crippen molar-refractivity contribution in [2.75, 3.05) is 13.7 Å². The number of methoxy groups -OCH3 is 1. The first-order valence-electron chi connectivity index (χ1n) is 10.9. The number of aromatic carboxylic acids is 1. The number of benzene rings is 3. The zero-order chi connectivity index (χ0) is 25.7. The van der Waals surface area contributed by atoms with E-state index >= 15 is 0 Å². The van der Waals surface area contributed by atoms with Gasteiger partial charge in [0.1, 0.15) is 11.1 Å². The van der Waals surface area contributed by atoms with Gasteiger partial charge in [-0.05, 0) is 47.5 Å². The van der Waals surface area contributed by atoms with E-state index in [1.165, 1.54) is 12.1 Å². The minimum Gasteiger partial charge on any atom is -0.497 e. The number of aromatic amines is 1. The lowest BCUT2D eigenvalue weighted by molar-refractivity contribution is 0.0696. The van der Waals surface area contributed by atoms with Gasteiger partial charge >= 0.3 is 5.97 Å². The third-order valence-corrected chi connectivity index (χ3v) is 5.72. The van der Waals surface area contributed by atoms with Crippen LogP contribution in [0.1, 0.15) is 32.1 Å². The van der Waals surface area contributed by atoms with Gasteiger partial charge in [-0.2, -0.15) is 0 Å². The molecule has 0 aliphatic rings. The molecule has 0 bridgehead atoms. The molecule has 0 spiro atoms. The maximum absolute atomic E-state index is 12.9. The van der Waals surface area contributed by atoms with Crippen LogP contribution in [0.4, 0.5) is 0 Å². The molecule has 4 aromatic rings. The number of hydrogen-bond acceptors (Lipinski definition) is 6. The first kappa shape index (κ1) is 24.7. The summed E-state index contributed by atoms with van der Waals surface area (Å²) < 4.78 is 11.0. The first-order chi connectivity index (χ1) is 17.4. The number of carboxylic acid groups (broad SMARTS) is 1. The maximum atomic E-state index is 12.9. The summed E-state index contributed by atoms with van der Waals surface area (Å²) >= 11 is 6.30. The monoisotopic (exact) mass is 507 g/mol. The Hall–Kier alpha value is -4.37. The predicted octanol–water partition coefficient (Wildman–Crippen LogP) is 3.83. The number of nitrogens with one attached hydrogen (secondary N) is 2. The second-order valence-electron chi connectivity index (χ2n) is 7.82. The highest BCUT2D eigenvalue weighted by molar-refractivity contribution is 6.33. The summed E-state index contributed by atoms with van der Waals surface area (Å²) in [6.45, 7) is 0.410. The van der Waals surface area contributed by atoms with Crippen LogP contribution in [0.5, 0.6) is 11.5 Å². The average molecular weight is 508 g/mol. The van der Waals surface area contributed by atoms with Crippen LogP contribution in [-0.4, -0.2) is 40.7 Å². The van der Waals surface area contributed by atoms with Crippen LogP contribution in [-0.2, 0) is 13.0 Å². The first-order valence-corrected chi connectivity index (χ1v) is 11.3. The van der Waals surface area contributed by atoms with Crippen LogP contribution in [0.2, 0.25) is 5.02 Å². The number of ether oxygens (including phenoxy) is 2. The average Bonchev–Trinajstić information content (AvgIpc) is 2.88. The molecule has 10 heteroatoms. The molecular weight excluding hydrogens is 486 g/mol. The van der Waals surface area contributed by atoms with E-state index in [2.05, 4.69) is 15.3 Å². The summed E-state index contributed by atoms with van der Waals surface area (Å²) in [7, 11) is 1.56. The van der Waals surface area contributed by atoms with Crippen molar-refractivity contribution in [1.29, 1.82) is 0 Å². The Labute approximate surface area is 210 Å². The number of carbonyl (C=O) groups is 2. The molecular formula is C26H22ClN3O6. The van der Waals surface area contributed by atoms with Gasteiger partial charge in [0.25, 0.3) is 11.5 Å². The van der Waals surface area contributed by atoms with Crippen molar-refractivity contribution in [3.63, 3.8) is 0 Å². The van der Waals surface area contributed by atoms with E-state index in [4.69, 9.17) is 26.2 Å². The van der Waals surface area contributed by atoms with Gasteiger partial charge in [-0.25, -0.2) is 9.78 Å². The van der Waals surface area contributed by atoms with Gasteiger partial charge < -0.3 is 24.9 Å². The lowest BCUT2D eigenvalue weighted by atomic mass is 10.1. The van der Waals surface area contributed by atoms with Crippen molar-refractivity contribution >= 4 is 34.4 Å². The summed E-state index contributed by atoms with van der Waals surface area (Å²) in [5.74, 6) is -0.851. The summed E-state index contributed by atoms with van der Waals surface area (Å²) in [5.41, 5.74) is 1.58. The highest BCUT2D eigenvalue weighted by atomic mass is 35.5. The Balaban J connectivity index is 1.49. The summed E-state index contributed by atoms with van der Waals surface area (Å²) in [4.78, 5) is 43.3. The lowest BCUT2D eigenvalue weighted by Crippen LogP contribution is -2.27. The fourth-order valence-corrected chi connectivity index (χ4v) is 3.77.